The van der Waals surface area contributed by atoms with Crippen LogP contribution in [-0.2, 0) is 7.05 Å². The van der Waals surface area contributed by atoms with Gasteiger partial charge in [0, 0.05) is 25.7 Å². The molecule has 84 valence electrons. The zero-order valence-electron chi connectivity index (χ0n) is 9.88. The molecule has 0 spiro atoms. The van der Waals surface area contributed by atoms with Crippen molar-refractivity contribution in [3.63, 3.8) is 0 Å². The lowest BCUT2D eigenvalue weighted by atomic mass is 10.1. The fourth-order valence-electron chi connectivity index (χ4n) is 1.52. The summed E-state index contributed by atoms with van der Waals surface area (Å²) in [6.45, 7) is 7.42. The van der Waals surface area contributed by atoms with Gasteiger partial charge >= 0.3 is 0 Å². The van der Waals surface area contributed by atoms with Gasteiger partial charge in [-0.25, -0.2) is 0 Å². The van der Waals surface area contributed by atoms with Gasteiger partial charge in [-0.2, -0.15) is 0 Å². The van der Waals surface area contributed by atoms with Gasteiger partial charge in [-0.15, -0.1) is 0 Å². The number of aromatic nitrogens is 1. The van der Waals surface area contributed by atoms with E-state index in [0.29, 0.717) is 11.4 Å². The first-order valence-corrected chi connectivity index (χ1v) is 4.90. The quantitative estimate of drug-likeness (QED) is 0.735. The summed E-state index contributed by atoms with van der Waals surface area (Å²) in [7, 11) is 1.74. The number of carbonyl (C=O) groups excluding carboxylic acids is 1. The summed E-state index contributed by atoms with van der Waals surface area (Å²) < 4.78 is 1.63. The third-order valence-electron chi connectivity index (χ3n) is 2.00. The van der Waals surface area contributed by atoms with Crippen molar-refractivity contribution in [2.45, 2.75) is 33.2 Å². The highest BCUT2D eigenvalue weighted by molar-refractivity contribution is 5.97. The SMILES string of the molecule is CC(=O)c1c(O)c(NC(C)(C)C)cn1C. The zero-order valence-corrected chi connectivity index (χ0v) is 9.88. The van der Waals surface area contributed by atoms with Crippen LogP contribution in [-0.4, -0.2) is 21.0 Å². The number of Topliss-reactive ketones (excluding diaryl/α,β-unsaturated/α-hetero) is 1. The lowest BCUT2D eigenvalue weighted by Gasteiger charge is -2.21. The molecule has 0 fully saturated rings. The minimum Gasteiger partial charge on any atom is -0.504 e. The summed E-state index contributed by atoms with van der Waals surface area (Å²) in [4.78, 5) is 11.3. The molecule has 1 rings (SSSR count). The van der Waals surface area contributed by atoms with Crippen molar-refractivity contribution < 1.29 is 9.90 Å². The molecule has 4 nitrogen and oxygen atoms in total. The molecule has 0 radical (unpaired) electrons. The highest BCUT2D eigenvalue weighted by Gasteiger charge is 2.19. The molecule has 0 unspecified atom stereocenters. The van der Waals surface area contributed by atoms with Crippen molar-refractivity contribution in [3.05, 3.63) is 11.9 Å². The number of carbonyl (C=O) groups is 1. The molecule has 4 heteroatoms. The Morgan fingerprint density at radius 3 is 2.33 bits per heavy atom. The molecule has 0 amide bonds. The monoisotopic (exact) mass is 210 g/mol. The van der Waals surface area contributed by atoms with Crippen LogP contribution in [0.5, 0.6) is 5.75 Å². The van der Waals surface area contributed by atoms with E-state index >= 15 is 0 Å². The molecular weight excluding hydrogens is 192 g/mol. The van der Waals surface area contributed by atoms with Crippen molar-refractivity contribution in [3.8, 4) is 5.75 Å². The van der Waals surface area contributed by atoms with Crippen LogP contribution in [0.15, 0.2) is 6.20 Å². The van der Waals surface area contributed by atoms with Gasteiger partial charge in [0.25, 0.3) is 0 Å². The van der Waals surface area contributed by atoms with Crippen LogP contribution >= 0.6 is 0 Å². The van der Waals surface area contributed by atoms with Crippen LogP contribution < -0.4 is 5.32 Å². The van der Waals surface area contributed by atoms with Crippen molar-refractivity contribution >= 4 is 11.5 Å². The molecule has 1 heterocycles. The zero-order chi connectivity index (χ0) is 11.8. The summed E-state index contributed by atoms with van der Waals surface area (Å²) in [5, 5.41) is 13.0. The number of nitrogens with one attached hydrogen (secondary N) is 1. The Balaban J connectivity index is 3.13. The lowest BCUT2D eigenvalue weighted by molar-refractivity contribution is 0.100. The van der Waals surface area contributed by atoms with E-state index in [1.54, 1.807) is 17.8 Å². The predicted octanol–water partition coefficient (Wildman–Crippen LogP) is 2.14. The standard InChI is InChI=1S/C11H18N2O2/c1-7(14)9-10(15)8(6-13(9)5)12-11(2,3)4/h6,12,15H,1-5H3. The van der Waals surface area contributed by atoms with E-state index < -0.39 is 0 Å². The molecule has 1 aromatic heterocycles. The van der Waals surface area contributed by atoms with Gasteiger partial charge in [0.15, 0.2) is 11.5 Å². The molecular formula is C11H18N2O2. The van der Waals surface area contributed by atoms with Gasteiger partial charge in [0.05, 0.1) is 5.69 Å². The summed E-state index contributed by atoms with van der Waals surface area (Å²) in [5.41, 5.74) is 0.782. The Labute approximate surface area is 89.9 Å². The smallest absolute Gasteiger partial charge is 0.180 e. The van der Waals surface area contributed by atoms with Crippen molar-refractivity contribution in [2.24, 2.45) is 7.05 Å². The normalized spacial score (nSPS) is 11.5. The van der Waals surface area contributed by atoms with Crippen LogP contribution in [0.25, 0.3) is 0 Å². The average Bonchev–Trinajstić information content (AvgIpc) is 2.23. The van der Waals surface area contributed by atoms with E-state index in [9.17, 15) is 9.90 Å². The highest BCUT2D eigenvalue weighted by atomic mass is 16.3. The largest absolute Gasteiger partial charge is 0.504 e. The van der Waals surface area contributed by atoms with E-state index in [4.69, 9.17) is 0 Å². The van der Waals surface area contributed by atoms with Gasteiger partial charge in [-0.1, -0.05) is 0 Å². The van der Waals surface area contributed by atoms with E-state index in [1.165, 1.54) is 6.92 Å². The predicted molar refractivity (Wildman–Crippen MR) is 60.5 cm³/mol. The number of hydrogen-bond donors (Lipinski definition) is 2. The summed E-state index contributed by atoms with van der Waals surface area (Å²) in [5.74, 6) is -0.114. The molecule has 0 aliphatic carbocycles. The second-order valence-electron chi connectivity index (χ2n) is 4.78. The topological polar surface area (TPSA) is 54.3 Å². The number of aryl methyl sites for hydroxylation is 1. The van der Waals surface area contributed by atoms with E-state index in [-0.39, 0.29) is 17.1 Å². The molecule has 15 heavy (non-hydrogen) atoms. The minimum atomic E-state index is -0.146. The number of ketones is 1. The fraction of sp³-hybridized carbons (Fsp3) is 0.545. The maximum atomic E-state index is 11.3. The van der Waals surface area contributed by atoms with Crippen LogP contribution in [0.1, 0.15) is 38.2 Å². The first-order chi connectivity index (χ1) is 6.72. The molecule has 0 aromatic carbocycles. The summed E-state index contributed by atoms with van der Waals surface area (Å²) in [6, 6.07) is 0. The van der Waals surface area contributed by atoms with Gasteiger partial charge in [0.1, 0.15) is 5.69 Å². The molecule has 2 N–H and O–H groups in total. The summed E-state index contributed by atoms with van der Waals surface area (Å²) >= 11 is 0. The molecule has 0 aliphatic heterocycles. The Hall–Kier alpha value is -1.45. The van der Waals surface area contributed by atoms with Gasteiger partial charge in [-0.05, 0) is 20.8 Å². The van der Waals surface area contributed by atoms with Gasteiger partial charge in [0.2, 0.25) is 0 Å². The number of hydrogen-bond acceptors (Lipinski definition) is 3. The first-order valence-electron chi connectivity index (χ1n) is 4.90. The maximum absolute atomic E-state index is 11.3. The van der Waals surface area contributed by atoms with Gasteiger partial charge in [-0.3, -0.25) is 4.79 Å². The highest BCUT2D eigenvalue weighted by Crippen LogP contribution is 2.31. The Morgan fingerprint density at radius 2 is 2.00 bits per heavy atom. The van der Waals surface area contributed by atoms with Crippen molar-refractivity contribution in [1.29, 1.82) is 0 Å². The lowest BCUT2D eigenvalue weighted by Crippen LogP contribution is -2.25. The third-order valence-corrected chi connectivity index (χ3v) is 2.00. The number of nitrogens with zero attached hydrogens (tertiary/aromatic N) is 1. The molecule has 0 saturated heterocycles. The Kier molecular flexibility index (Phi) is 2.79. The van der Waals surface area contributed by atoms with E-state index in [1.807, 2.05) is 20.8 Å². The molecule has 0 aliphatic rings. The van der Waals surface area contributed by atoms with Crippen LogP contribution in [0.2, 0.25) is 0 Å². The minimum absolute atomic E-state index is 0.0277. The molecule has 0 bridgehead atoms. The Bertz CT molecular complexity index is 386. The third kappa shape index (κ3) is 2.52. The molecule has 0 atom stereocenters. The summed E-state index contributed by atoms with van der Waals surface area (Å²) in [6.07, 6.45) is 1.72. The number of rotatable bonds is 2. The molecule has 1 aromatic rings. The Morgan fingerprint density at radius 1 is 1.47 bits per heavy atom. The van der Waals surface area contributed by atoms with E-state index in [2.05, 4.69) is 5.32 Å². The average molecular weight is 210 g/mol. The fourth-order valence-corrected chi connectivity index (χ4v) is 1.52. The van der Waals surface area contributed by atoms with Gasteiger partial charge < -0.3 is 15.0 Å². The second-order valence-corrected chi connectivity index (χ2v) is 4.78. The second kappa shape index (κ2) is 3.61. The van der Waals surface area contributed by atoms with Crippen LogP contribution in [0.4, 0.5) is 5.69 Å². The van der Waals surface area contributed by atoms with Crippen molar-refractivity contribution in [1.82, 2.24) is 4.57 Å². The first kappa shape index (κ1) is 11.6. The molecule has 0 saturated carbocycles. The number of aromatic hydroxyl groups is 1. The number of anilines is 1. The van der Waals surface area contributed by atoms with E-state index in [0.717, 1.165) is 0 Å². The maximum Gasteiger partial charge on any atom is 0.180 e. The van der Waals surface area contributed by atoms with Crippen molar-refractivity contribution in [2.75, 3.05) is 5.32 Å². The van der Waals surface area contributed by atoms with Crippen LogP contribution in [0, 0.1) is 0 Å². The van der Waals surface area contributed by atoms with Crippen LogP contribution in [0.3, 0.4) is 0 Å².